The second-order valence-electron chi connectivity index (χ2n) is 4.98. The third-order valence-electron chi connectivity index (χ3n) is 4.04. The summed E-state index contributed by atoms with van der Waals surface area (Å²) in [4.78, 5) is 23.9. The summed E-state index contributed by atoms with van der Waals surface area (Å²) >= 11 is 3.50. The topological polar surface area (TPSA) is 43.4 Å². The molecule has 1 fully saturated rings. The van der Waals surface area contributed by atoms with E-state index in [9.17, 15) is 9.59 Å². The number of Topliss-reactive ketones (excluding diaryl/α,β-unsaturated/α-hetero) is 1. The number of rotatable bonds is 5. The van der Waals surface area contributed by atoms with E-state index in [4.69, 9.17) is 4.74 Å². The second-order valence-corrected chi connectivity index (χ2v) is 5.96. The molecule has 3 unspecified atom stereocenters. The summed E-state index contributed by atoms with van der Waals surface area (Å²) in [5.74, 6) is 0.146. The third kappa shape index (κ3) is 3.02. The van der Waals surface area contributed by atoms with E-state index in [-0.39, 0.29) is 23.0 Å². The molecular weight excluding hydrogens is 296 g/mol. The van der Waals surface area contributed by atoms with E-state index in [0.29, 0.717) is 12.3 Å². The van der Waals surface area contributed by atoms with Gasteiger partial charge in [0.25, 0.3) is 0 Å². The number of methoxy groups -OCH3 is 1. The van der Waals surface area contributed by atoms with Crippen molar-refractivity contribution >= 4 is 27.7 Å². The number of carbonyl (C=O) groups is 2. The minimum Gasteiger partial charge on any atom is -0.469 e. The second kappa shape index (κ2) is 6.50. The molecule has 3 atom stereocenters. The van der Waals surface area contributed by atoms with Gasteiger partial charge in [0.15, 0.2) is 5.78 Å². The molecule has 0 bridgehead atoms. The van der Waals surface area contributed by atoms with Crippen molar-refractivity contribution in [2.24, 2.45) is 11.3 Å². The monoisotopic (exact) mass is 316 g/mol. The van der Waals surface area contributed by atoms with Crippen LogP contribution in [-0.2, 0) is 14.3 Å². The average molecular weight is 317 g/mol. The van der Waals surface area contributed by atoms with Crippen LogP contribution in [0.1, 0.15) is 39.0 Å². The lowest BCUT2D eigenvalue weighted by Crippen LogP contribution is -2.45. The van der Waals surface area contributed by atoms with E-state index in [2.05, 4.69) is 22.5 Å². The van der Waals surface area contributed by atoms with Crippen LogP contribution in [-0.4, -0.2) is 23.7 Å². The van der Waals surface area contributed by atoms with E-state index >= 15 is 0 Å². The first-order valence-corrected chi connectivity index (χ1v) is 7.28. The van der Waals surface area contributed by atoms with Gasteiger partial charge < -0.3 is 4.74 Å². The zero-order valence-corrected chi connectivity index (χ0v) is 12.7. The Hall–Kier alpha value is -0.640. The van der Waals surface area contributed by atoms with Crippen LogP contribution >= 0.6 is 15.9 Å². The number of hydrogen-bond acceptors (Lipinski definition) is 3. The van der Waals surface area contributed by atoms with Crippen molar-refractivity contribution in [1.29, 1.82) is 0 Å². The molecule has 1 aliphatic rings. The zero-order chi connectivity index (χ0) is 13.8. The highest BCUT2D eigenvalue weighted by Crippen LogP contribution is 2.45. The van der Waals surface area contributed by atoms with Gasteiger partial charge in [0.2, 0.25) is 0 Å². The molecule has 1 aliphatic carbocycles. The van der Waals surface area contributed by atoms with Crippen LogP contribution < -0.4 is 0 Å². The molecule has 0 aromatic heterocycles. The number of ether oxygens (including phenoxy) is 1. The molecule has 3 nitrogen and oxygen atoms in total. The van der Waals surface area contributed by atoms with E-state index < -0.39 is 5.41 Å². The normalized spacial score (nSPS) is 32.1. The van der Waals surface area contributed by atoms with Gasteiger partial charge in [-0.15, -0.1) is 6.58 Å². The van der Waals surface area contributed by atoms with Crippen molar-refractivity contribution in [3.8, 4) is 0 Å². The van der Waals surface area contributed by atoms with Crippen LogP contribution in [0.15, 0.2) is 12.7 Å². The molecule has 1 saturated carbocycles. The van der Waals surface area contributed by atoms with Gasteiger partial charge in [-0.25, -0.2) is 0 Å². The molecule has 0 heterocycles. The Labute approximate surface area is 117 Å². The van der Waals surface area contributed by atoms with Gasteiger partial charge >= 0.3 is 5.97 Å². The predicted molar refractivity (Wildman–Crippen MR) is 74.6 cm³/mol. The molecule has 0 saturated heterocycles. The Morgan fingerprint density at radius 2 is 2.33 bits per heavy atom. The molecule has 0 aromatic rings. The van der Waals surface area contributed by atoms with Crippen LogP contribution in [0.3, 0.4) is 0 Å². The Morgan fingerprint density at radius 1 is 1.67 bits per heavy atom. The number of esters is 1. The van der Waals surface area contributed by atoms with Crippen molar-refractivity contribution in [2.45, 2.75) is 43.9 Å². The molecule has 0 N–H and O–H groups in total. The van der Waals surface area contributed by atoms with Crippen molar-refractivity contribution in [3.63, 3.8) is 0 Å². The van der Waals surface area contributed by atoms with E-state index in [0.717, 1.165) is 19.3 Å². The lowest BCUT2D eigenvalue weighted by Gasteiger charge is -2.40. The standard InChI is InChI=1S/C14H21BrO3/c1-4-6-10-7-8-14(5-2,9-11(16)18-3)13(17)12(10)15/h4,10,12H,1,5-9H2,2-3H3. The summed E-state index contributed by atoms with van der Waals surface area (Å²) in [6.45, 7) is 5.69. The number of carbonyl (C=O) groups excluding carboxylic acids is 2. The number of ketones is 1. The van der Waals surface area contributed by atoms with Gasteiger partial charge in [0, 0.05) is 5.41 Å². The first-order chi connectivity index (χ1) is 8.50. The van der Waals surface area contributed by atoms with Gasteiger partial charge in [-0.1, -0.05) is 28.9 Å². The average Bonchev–Trinajstić information content (AvgIpc) is 2.38. The quantitative estimate of drug-likeness (QED) is 0.444. The van der Waals surface area contributed by atoms with Gasteiger partial charge in [0.1, 0.15) is 0 Å². The fraction of sp³-hybridized carbons (Fsp3) is 0.714. The maximum absolute atomic E-state index is 12.5. The minimum absolute atomic E-state index is 0.147. The van der Waals surface area contributed by atoms with Crippen LogP contribution in [0.5, 0.6) is 0 Å². The van der Waals surface area contributed by atoms with Crippen molar-refractivity contribution in [3.05, 3.63) is 12.7 Å². The van der Waals surface area contributed by atoms with E-state index in [1.807, 2.05) is 13.0 Å². The molecule has 4 heteroatoms. The molecule has 0 radical (unpaired) electrons. The van der Waals surface area contributed by atoms with Crippen LogP contribution in [0.25, 0.3) is 0 Å². The van der Waals surface area contributed by atoms with Crippen molar-refractivity contribution in [2.75, 3.05) is 7.11 Å². The fourth-order valence-electron chi connectivity index (χ4n) is 2.69. The highest BCUT2D eigenvalue weighted by atomic mass is 79.9. The molecule has 18 heavy (non-hydrogen) atoms. The first-order valence-electron chi connectivity index (χ1n) is 6.37. The van der Waals surface area contributed by atoms with Gasteiger partial charge in [-0.3, -0.25) is 9.59 Å². The first kappa shape index (κ1) is 15.4. The Morgan fingerprint density at radius 3 is 2.83 bits per heavy atom. The SMILES string of the molecule is C=CCC1CCC(CC)(CC(=O)OC)C(=O)C1Br. The molecule has 0 aromatic carbocycles. The van der Waals surface area contributed by atoms with Crippen molar-refractivity contribution < 1.29 is 14.3 Å². The van der Waals surface area contributed by atoms with Gasteiger partial charge in [0.05, 0.1) is 18.4 Å². The molecule has 102 valence electrons. The smallest absolute Gasteiger partial charge is 0.306 e. The summed E-state index contributed by atoms with van der Waals surface area (Å²) < 4.78 is 4.72. The largest absolute Gasteiger partial charge is 0.469 e. The van der Waals surface area contributed by atoms with Gasteiger partial charge in [-0.2, -0.15) is 0 Å². The van der Waals surface area contributed by atoms with Gasteiger partial charge in [-0.05, 0) is 31.6 Å². The van der Waals surface area contributed by atoms with Crippen molar-refractivity contribution in [1.82, 2.24) is 0 Å². The van der Waals surface area contributed by atoms with Crippen LogP contribution in [0.2, 0.25) is 0 Å². The summed E-state index contributed by atoms with van der Waals surface area (Å²) in [6.07, 6.45) is 5.27. The highest BCUT2D eigenvalue weighted by molar-refractivity contribution is 9.10. The summed E-state index contributed by atoms with van der Waals surface area (Å²) in [6, 6.07) is 0. The van der Waals surface area contributed by atoms with E-state index in [1.165, 1.54) is 7.11 Å². The lowest BCUT2D eigenvalue weighted by molar-refractivity contribution is -0.149. The van der Waals surface area contributed by atoms with E-state index in [1.54, 1.807) is 0 Å². The Kier molecular flexibility index (Phi) is 5.57. The minimum atomic E-state index is -0.543. The predicted octanol–water partition coefficient (Wildman–Crippen LogP) is 3.26. The maximum Gasteiger partial charge on any atom is 0.306 e. The Balaban J connectivity index is 2.86. The molecular formula is C14H21BrO3. The number of hydrogen-bond donors (Lipinski definition) is 0. The maximum atomic E-state index is 12.5. The number of allylic oxidation sites excluding steroid dienone is 1. The fourth-order valence-corrected chi connectivity index (χ4v) is 3.65. The highest BCUT2D eigenvalue weighted by Gasteiger charge is 2.47. The number of alkyl halides is 1. The molecule has 0 spiro atoms. The summed E-state index contributed by atoms with van der Waals surface area (Å²) in [5, 5.41) is 0. The van der Waals surface area contributed by atoms with Crippen LogP contribution in [0.4, 0.5) is 0 Å². The summed E-state index contributed by atoms with van der Waals surface area (Å²) in [7, 11) is 1.37. The Bertz CT molecular complexity index is 340. The zero-order valence-electron chi connectivity index (χ0n) is 11.1. The van der Waals surface area contributed by atoms with Crippen LogP contribution in [0, 0.1) is 11.3 Å². The molecule has 1 rings (SSSR count). The third-order valence-corrected chi connectivity index (χ3v) is 5.20. The lowest BCUT2D eigenvalue weighted by atomic mass is 9.65. The number of halogens is 1. The summed E-state index contributed by atoms with van der Waals surface area (Å²) in [5.41, 5.74) is -0.543. The molecule has 0 aliphatic heterocycles. The molecule has 0 amide bonds.